The van der Waals surface area contributed by atoms with E-state index in [0.29, 0.717) is 89.0 Å². The number of quaternary nitrogens is 1. The number of hydrogen-bond acceptors (Lipinski definition) is 21. The molecule has 7 atom stereocenters. The van der Waals surface area contributed by atoms with E-state index in [1.165, 1.54) is 48.2 Å². The molecular formula is C67H70N5O17S3+. The fourth-order valence-corrected chi connectivity index (χ4v) is 14.7. The first kappa shape index (κ1) is 63.9. The van der Waals surface area contributed by atoms with E-state index in [2.05, 4.69) is 37.0 Å². The summed E-state index contributed by atoms with van der Waals surface area (Å²) in [4.78, 5) is 57.3. The van der Waals surface area contributed by atoms with Crippen molar-refractivity contribution in [1.29, 1.82) is 0 Å². The van der Waals surface area contributed by atoms with Gasteiger partial charge in [0, 0.05) is 83.4 Å². The molecule has 1 saturated heterocycles. The number of carbonyl (C=O) groups excluding carboxylic acids is 3. The highest BCUT2D eigenvalue weighted by Crippen LogP contribution is 2.43. The van der Waals surface area contributed by atoms with Gasteiger partial charge in [0.25, 0.3) is 11.8 Å². The molecule has 0 spiro atoms. The van der Waals surface area contributed by atoms with Crippen molar-refractivity contribution < 1.29 is 84.5 Å². The summed E-state index contributed by atoms with van der Waals surface area (Å²) in [7, 11) is 2.20. The number of benzene rings is 5. The Morgan fingerprint density at radius 1 is 0.652 bits per heavy atom. The Balaban J connectivity index is 0.776. The van der Waals surface area contributed by atoms with Crippen molar-refractivity contribution in [2.75, 3.05) is 34.9 Å². The number of ether oxygens (including phenoxy) is 6. The number of ketones is 1. The molecule has 0 aliphatic carbocycles. The van der Waals surface area contributed by atoms with E-state index in [0.717, 1.165) is 39.4 Å². The number of rotatable bonds is 22. The second-order valence-electron chi connectivity index (χ2n) is 24.4. The van der Waals surface area contributed by atoms with Crippen LogP contribution >= 0.6 is 22.7 Å². The number of thiophene rings is 2. The summed E-state index contributed by atoms with van der Waals surface area (Å²) in [6, 6.07) is 26.8. The average molecular weight is 1310 g/mol. The fourth-order valence-electron chi connectivity index (χ4n) is 12.1. The molecule has 482 valence electrons. The molecule has 1 fully saturated rings. The molecule has 22 nitrogen and oxygen atoms in total. The van der Waals surface area contributed by atoms with Crippen molar-refractivity contribution in [2.24, 2.45) is 15.9 Å². The molecule has 25 heteroatoms. The zero-order valence-electron chi connectivity index (χ0n) is 51.3. The van der Waals surface area contributed by atoms with Crippen molar-refractivity contribution in [3.8, 4) is 40.2 Å². The summed E-state index contributed by atoms with van der Waals surface area (Å²) in [5, 5.41) is 45.3. The third-order valence-electron chi connectivity index (χ3n) is 16.7. The Bertz CT molecular complexity index is 3970. The van der Waals surface area contributed by atoms with E-state index < -0.39 is 53.5 Å². The van der Waals surface area contributed by atoms with E-state index in [-0.39, 0.29) is 72.3 Å². The van der Waals surface area contributed by atoms with Crippen LogP contribution in [0.15, 0.2) is 118 Å². The van der Waals surface area contributed by atoms with Gasteiger partial charge < -0.3 is 71.5 Å². The number of aliphatic hydroxyl groups is 4. The Kier molecular flexibility index (Phi) is 18.3. The van der Waals surface area contributed by atoms with Gasteiger partial charge in [0.15, 0.2) is 40.3 Å². The number of aliphatic hydroxyl groups excluding tert-OH is 4. The molecule has 0 saturated carbocycles. The predicted octanol–water partition coefficient (Wildman–Crippen LogP) is 8.44. The second-order valence-corrected chi connectivity index (χ2v) is 27.6. The molecule has 5 aliphatic heterocycles. The maximum atomic E-state index is 14.2. The van der Waals surface area contributed by atoms with Crippen molar-refractivity contribution in [3.05, 3.63) is 168 Å². The van der Waals surface area contributed by atoms with Gasteiger partial charge in [0.05, 0.1) is 69.5 Å². The van der Waals surface area contributed by atoms with E-state index in [4.69, 9.17) is 46.8 Å². The SMILES string of the molecule is COc1cc2c(cc1OCc1cc(COc3cc4c(cc3OC)C(=O)N3Cc5ccsc5C[C@H]3C=N4)cc(C[N+](C)(C)Cc3ccc(OS(=O)(=O)Oc4cc(C(=O)CC(C)C)ccc4OC4O[C@H](CO)[C@H](O)[C@H](O)[C@H]4O)cc3)c1)N=C[C@@H]1Cc3sccc3CN1C2=O. The largest absolute Gasteiger partial charge is 0.501 e. The number of fused-ring (bicyclic) bond motifs is 6. The maximum absolute atomic E-state index is 14.2. The molecule has 7 aromatic rings. The highest BCUT2D eigenvalue weighted by atomic mass is 32.3. The van der Waals surface area contributed by atoms with Crippen LogP contribution in [0.4, 0.5) is 11.4 Å². The summed E-state index contributed by atoms with van der Waals surface area (Å²) in [5.41, 5.74) is 7.48. The smallest absolute Gasteiger partial charge is 0.493 e. The Morgan fingerprint density at radius 3 is 1.73 bits per heavy atom. The first-order valence-electron chi connectivity index (χ1n) is 29.9. The number of Topliss-reactive ketones (excluding diaryl/α,β-unsaturated/α-hetero) is 1. The molecule has 2 aromatic heterocycles. The summed E-state index contributed by atoms with van der Waals surface area (Å²) in [5.74, 6) is -0.0256. The number of methoxy groups -OCH3 is 2. The van der Waals surface area contributed by atoms with E-state index in [9.17, 15) is 43.2 Å². The maximum Gasteiger partial charge on any atom is 0.501 e. The standard InChI is InChI=1S/C67H70N5O17S3/c1-37(2)17-52(74)42-9-12-53(86-67-64(77)63(76)62(75)59(34-73)87-67)58(21-42)89-92(80,81)88-47-10-7-38(8-11-47)32-72(3,4)33-39-18-40(35-84-56-26-50-48(24-54(56)82-5)65(78)70-30-43-13-15-90-60(43)22-45(70)28-68-50)20-41(19-39)36-85-57-27-51-49(25-55(57)83-6)66(79)71-31-44-14-16-91-61(44)23-46(71)29-69-51/h7-16,18-21,24-29,37,45-46,59,62-64,67,73,75-77H,17,22-23,30-36H2,1-6H3/q+1/t45-,46-,59+,62-,63-,64+,67?/m0/s1. The lowest BCUT2D eigenvalue weighted by Crippen LogP contribution is -2.60. The molecule has 0 radical (unpaired) electrons. The minimum atomic E-state index is -4.96. The van der Waals surface area contributed by atoms with Crippen LogP contribution in [0.3, 0.4) is 0 Å². The Labute approximate surface area is 540 Å². The molecule has 0 bridgehead atoms. The van der Waals surface area contributed by atoms with Crippen LogP contribution in [0, 0.1) is 5.92 Å². The van der Waals surface area contributed by atoms with Gasteiger partial charge in [-0.25, -0.2) is 0 Å². The quantitative estimate of drug-likeness (QED) is 0.0366. The number of carbonyl (C=O) groups is 3. The third-order valence-corrected chi connectivity index (χ3v) is 19.4. The van der Waals surface area contributed by atoms with Gasteiger partial charge in [-0.3, -0.25) is 24.4 Å². The van der Waals surface area contributed by atoms with Crippen molar-refractivity contribution in [1.82, 2.24) is 9.80 Å². The predicted molar refractivity (Wildman–Crippen MR) is 342 cm³/mol. The lowest BCUT2D eigenvalue weighted by atomic mass is 9.99. The first-order chi connectivity index (χ1) is 44.1. The van der Waals surface area contributed by atoms with Gasteiger partial charge in [-0.05, 0) is 124 Å². The topological polar surface area (TPSA) is 271 Å². The van der Waals surface area contributed by atoms with Crippen LogP contribution in [0.2, 0.25) is 0 Å². The summed E-state index contributed by atoms with van der Waals surface area (Å²) in [6.07, 6.45) is -3.16. The highest BCUT2D eigenvalue weighted by molar-refractivity contribution is 7.82. The number of aliphatic imine (C=N–C) groups is 2. The molecule has 5 aliphatic rings. The van der Waals surface area contributed by atoms with Gasteiger partial charge in [0.2, 0.25) is 6.29 Å². The van der Waals surface area contributed by atoms with Gasteiger partial charge in [0.1, 0.15) is 56.5 Å². The average Bonchev–Trinajstić information content (AvgIpc) is 1.60. The molecule has 2 amide bonds. The van der Waals surface area contributed by atoms with Crippen molar-refractivity contribution in [3.63, 3.8) is 0 Å². The molecule has 12 rings (SSSR count). The lowest BCUT2D eigenvalue weighted by Gasteiger charge is -2.39. The Morgan fingerprint density at radius 2 is 1.20 bits per heavy atom. The van der Waals surface area contributed by atoms with Gasteiger partial charge in [-0.1, -0.05) is 13.8 Å². The first-order valence-corrected chi connectivity index (χ1v) is 33.0. The zero-order chi connectivity index (χ0) is 64.8. The van der Waals surface area contributed by atoms with E-state index in [1.54, 1.807) is 59.1 Å². The number of nitrogens with zero attached hydrogens (tertiary/aromatic N) is 5. The van der Waals surface area contributed by atoms with Gasteiger partial charge >= 0.3 is 10.4 Å². The molecule has 92 heavy (non-hydrogen) atoms. The van der Waals surface area contributed by atoms with Crippen LogP contribution in [-0.2, 0) is 67.4 Å². The normalized spacial score (nSPS) is 20.8. The molecule has 7 heterocycles. The molecular weight excluding hydrogens is 1240 g/mol. The zero-order valence-corrected chi connectivity index (χ0v) is 53.7. The van der Waals surface area contributed by atoms with Crippen molar-refractivity contribution in [2.45, 2.75) is 115 Å². The monoisotopic (exact) mass is 1310 g/mol. The van der Waals surface area contributed by atoms with Crippen LogP contribution < -0.4 is 32.1 Å². The highest BCUT2D eigenvalue weighted by Gasteiger charge is 2.45. The van der Waals surface area contributed by atoms with Crippen molar-refractivity contribution >= 4 is 74.5 Å². The lowest BCUT2D eigenvalue weighted by molar-refractivity contribution is -0.916. The minimum Gasteiger partial charge on any atom is -0.493 e. The summed E-state index contributed by atoms with van der Waals surface area (Å²) >= 11 is 3.37. The second kappa shape index (κ2) is 26.4. The summed E-state index contributed by atoms with van der Waals surface area (Å²) in [6.45, 7) is 5.05. The van der Waals surface area contributed by atoms with Gasteiger partial charge in [-0.2, -0.15) is 0 Å². The fraction of sp³-hybridized carbons (Fsp3) is 0.358. The van der Waals surface area contributed by atoms with Crippen LogP contribution in [0.1, 0.15) is 94.5 Å². The number of amides is 2. The molecule has 1 unspecified atom stereocenters. The van der Waals surface area contributed by atoms with Crippen LogP contribution in [0.25, 0.3) is 0 Å². The van der Waals surface area contributed by atoms with E-state index in [1.807, 2.05) is 54.3 Å². The molecule has 4 N–H and O–H groups in total. The van der Waals surface area contributed by atoms with Crippen LogP contribution in [-0.4, -0.2) is 151 Å². The molecule has 5 aromatic carbocycles. The van der Waals surface area contributed by atoms with Gasteiger partial charge in [-0.15, -0.1) is 31.1 Å². The third kappa shape index (κ3) is 13.8. The van der Waals surface area contributed by atoms with Crippen LogP contribution in [0.5, 0.6) is 40.2 Å². The summed E-state index contributed by atoms with van der Waals surface area (Å²) < 4.78 is 74.8. The van der Waals surface area contributed by atoms with E-state index >= 15 is 0 Å². The Hall–Kier alpha value is -8.24. The minimum absolute atomic E-state index is 0.0328. The number of hydrogen-bond donors (Lipinski definition) is 4.